The summed E-state index contributed by atoms with van der Waals surface area (Å²) in [4.78, 5) is 32.8. The third-order valence-corrected chi connectivity index (χ3v) is 7.76. The zero-order chi connectivity index (χ0) is 24.9. The first kappa shape index (κ1) is 27.3. The standard InChI is InChI=1S/C26H46F2N4O2/c1-19(2)17-22-24(33)32(16-10-29-22)23(18-20(3)4)25(34)31-12-6-21(7-13-31)5-11-30-14-8-26(27,28)9-15-30/h19-23,29H,5-18H2,1-4H3/t22-,23?/m0/s1. The summed E-state index contributed by atoms with van der Waals surface area (Å²) in [6.45, 7) is 13.1. The zero-order valence-electron chi connectivity index (χ0n) is 21.7. The molecule has 196 valence electrons. The van der Waals surface area contributed by atoms with E-state index in [0.29, 0.717) is 43.8 Å². The Kier molecular flexibility index (Phi) is 9.73. The van der Waals surface area contributed by atoms with E-state index in [4.69, 9.17) is 0 Å². The Morgan fingerprint density at radius 3 is 2.26 bits per heavy atom. The third kappa shape index (κ3) is 7.61. The Balaban J connectivity index is 1.52. The molecule has 8 heteroatoms. The Hall–Kier alpha value is -1.28. The van der Waals surface area contributed by atoms with Crippen LogP contribution in [0.5, 0.6) is 0 Å². The van der Waals surface area contributed by atoms with E-state index in [1.165, 1.54) is 0 Å². The summed E-state index contributed by atoms with van der Waals surface area (Å²) in [7, 11) is 0. The quantitative estimate of drug-likeness (QED) is 0.543. The zero-order valence-corrected chi connectivity index (χ0v) is 21.7. The molecule has 0 aromatic rings. The highest BCUT2D eigenvalue weighted by Crippen LogP contribution is 2.29. The summed E-state index contributed by atoms with van der Waals surface area (Å²) < 4.78 is 26.8. The molecule has 6 nitrogen and oxygen atoms in total. The van der Waals surface area contributed by atoms with E-state index in [-0.39, 0.29) is 36.7 Å². The smallest absolute Gasteiger partial charge is 0.250 e. The van der Waals surface area contributed by atoms with Gasteiger partial charge in [0.2, 0.25) is 11.8 Å². The van der Waals surface area contributed by atoms with Crippen LogP contribution in [0.3, 0.4) is 0 Å². The molecule has 2 amide bonds. The first-order chi connectivity index (χ1) is 16.1. The number of hydrogen-bond acceptors (Lipinski definition) is 4. The van der Waals surface area contributed by atoms with Crippen molar-refractivity contribution in [1.29, 1.82) is 0 Å². The number of carbonyl (C=O) groups is 2. The summed E-state index contributed by atoms with van der Waals surface area (Å²) in [5.74, 6) is -1.04. The van der Waals surface area contributed by atoms with Crippen LogP contribution in [0.4, 0.5) is 8.78 Å². The largest absolute Gasteiger partial charge is 0.341 e. The van der Waals surface area contributed by atoms with Gasteiger partial charge in [-0.15, -0.1) is 0 Å². The van der Waals surface area contributed by atoms with Gasteiger partial charge >= 0.3 is 0 Å². The van der Waals surface area contributed by atoms with E-state index in [1.54, 1.807) is 0 Å². The van der Waals surface area contributed by atoms with Crippen LogP contribution in [-0.2, 0) is 9.59 Å². The van der Waals surface area contributed by atoms with Crippen LogP contribution < -0.4 is 5.32 Å². The van der Waals surface area contributed by atoms with E-state index in [2.05, 4.69) is 37.9 Å². The van der Waals surface area contributed by atoms with Crippen molar-refractivity contribution in [3.8, 4) is 0 Å². The molecule has 3 rings (SSSR count). The van der Waals surface area contributed by atoms with E-state index < -0.39 is 5.92 Å². The molecule has 0 radical (unpaired) electrons. The topological polar surface area (TPSA) is 55.9 Å². The van der Waals surface area contributed by atoms with Gasteiger partial charge < -0.3 is 20.0 Å². The number of halogens is 2. The highest BCUT2D eigenvalue weighted by molar-refractivity contribution is 5.90. The summed E-state index contributed by atoms with van der Waals surface area (Å²) in [6.07, 6.45) is 4.35. The molecule has 3 fully saturated rings. The second-order valence-corrected chi connectivity index (χ2v) is 11.6. The van der Waals surface area contributed by atoms with Crippen LogP contribution in [0, 0.1) is 17.8 Å². The number of piperidine rings is 2. The van der Waals surface area contributed by atoms with E-state index >= 15 is 0 Å². The SMILES string of the molecule is CC(C)CC(C(=O)N1CCC(CCN2CCC(F)(F)CC2)CC1)N1CCN[C@@H](CC(C)C)C1=O. The first-order valence-electron chi connectivity index (χ1n) is 13.5. The molecule has 3 heterocycles. The van der Waals surface area contributed by atoms with Crippen LogP contribution in [-0.4, -0.2) is 90.3 Å². The van der Waals surface area contributed by atoms with Crippen molar-refractivity contribution >= 4 is 11.8 Å². The molecule has 0 aromatic carbocycles. The van der Waals surface area contributed by atoms with Crippen LogP contribution in [0.15, 0.2) is 0 Å². The van der Waals surface area contributed by atoms with Gasteiger partial charge in [-0.2, -0.15) is 0 Å². The van der Waals surface area contributed by atoms with Crippen LogP contribution in [0.25, 0.3) is 0 Å². The highest BCUT2D eigenvalue weighted by Gasteiger charge is 2.39. The van der Waals surface area contributed by atoms with Gasteiger partial charge in [0.05, 0.1) is 6.04 Å². The summed E-state index contributed by atoms with van der Waals surface area (Å²) in [5, 5.41) is 3.35. The van der Waals surface area contributed by atoms with E-state index in [9.17, 15) is 18.4 Å². The third-order valence-electron chi connectivity index (χ3n) is 7.76. The number of amides is 2. The van der Waals surface area contributed by atoms with Gasteiger partial charge in [-0.3, -0.25) is 9.59 Å². The Morgan fingerprint density at radius 1 is 1.03 bits per heavy atom. The molecular weight excluding hydrogens is 438 g/mol. The summed E-state index contributed by atoms with van der Waals surface area (Å²) >= 11 is 0. The van der Waals surface area contributed by atoms with Crippen molar-refractivity contribution in [2.24, 2.45) is 17.8 Å². The van der Waals surface area contributed by atoms with Gasteiger partial charge in [-0.25, -0.2) is 8.78 Å². The molecule has 0 aliphatic carbocycles. The van der Waals surface area contributed by atoms with Gasteiger partial charge in [0.1, 0.15) is 6.04 Å². The fourth-order valence-corrected chi connectivity index (χ4v) is 5.65. The minimum Gasteiger partial charge on any atom is -0.341 e. The number of carbonyl (C=O) groups excluding carboxylic acids is 2. The van der Waals surface area contributed by atoms with E-state index in [1.807, 2.05) is 9.80 Å². The number of hydrogen-bond donors (Lipinski definition) is 1. The molecule has 34 heavy (non-hydrogen) atoms. The van der Waals surface area contributed by atoms with Crippen LogP contribution in [0.1, 0.15) is 72.6 Å². The van der Waals surface area contributed by atoms with Gasteiger partial charge in [-0.05, 0) is 56.4 Å². The Labute approximate surface area is 204 Å². The van der Waals surface area contributed by atoms with Crippen molar-refractivity contribution in [2.45, 2.75) is 90.6 Å². The highest BCUT2D eigenvalue weighted by atomic mass is 19.3. The van der Waals surface area contributed by atoms with Crippen molar-refractivity contribution < 1.29 is 18.4 Å². The fraction of sp³-hybridized carbons (Fsp3) is 0.923. The van der Waals surface area contributed by atoms with Crippen molar-refractivity contribution in [1.82, 2.24) is 20.0 Å². The van der Waals surface area contributed by atoms with Gasteiger partial charge in [0.15, 0.2) is 0 Å². The lowest BCUT2D eigenvalue weighted by Gasteiger charge is -2.42. The monoisotopic (exact) mass is 484 g/mol. The minimum atomic E-state index is -2.49. The maximum atomic E-state index is 13.6. The minimum absolute atomic E-state index is 0.0278. The molecule has 1 N–H and O–H groups in total. The molecule has 0 aromatic heterocycles. The lowest BCUT2D eigenvalue weighted by atomic mass is 9.91. The number of likely N-dealkylation sites (tertiary alicyclic amines) is 2. The molecule has 0 saturated carbocycles. The molecule has 3 saturated heterocycles. The number of piperazine rings is 1. The lowest BCUT2D eigenvalue weighted by Crippen LogP contribution is -2.62. The summed E-state index contributed by atoms with van der Waals surface area (Å²) in [5.41, 5.74) is 0. The number of nitrogens with one attached hydrogen (secondary N) is 1. The van der Waals surface area contributed by atoms with Crippen LogP contribution in [0.2, 0.25) is 0 Å². The number of alkyl halides is 2. The molecule has 0 bridgehead atoms. The molecular formula is C26H46F2N4O2. The molecule has 1 unspecified atom stereocenters. The number of nitrogens with zero attached hydrogens (tertiary/aromatic N) is 3. The molecule has 3 aliphatic rings. The van der Waals surface area contributed by atoms with Gasteiger partial charge in [0, 0.05) is 52.1 Å². The first-order valence-corrected chi connectivity index (χ1v) is 13.5. The molecule has 0 spiro atoms. The molecule has 2 atom stereocenters. The van der Waals surface area contributed by atoms with Crippen molar-refractivity contribution in [3.05, 3.63) is 0 Å². The van der Waals surface area contributed by atoms with Crippen LogP contribution >= 0.6 is 0 Å². The maximum absolute atomic E-state index is 13.6. The Morgan fingerprint density at radius 2 is 1.68 bits per heavy atom. The maximum Gasteiger partial charge on any atom is 0.250 e. The van der Waals surface area contributed by atoms with Crippen molar-refractivity contribution in [3.63, 3.8) is 0 Å². The fourth-order valence-electron chi connectivity index (χ4n) is 5.65. The normalized spacial score (nSPS) is 25.9. The predicted octanol–water partition coefficient (Wildman–Crippen LogP) is 3.61. The van der Waals surface area contributed by atoms with Gasteiger partial charge in [-0.1, -0.05) is 27.7 Å². The average molecular weight is 485 g/mol. The summed E-state index contributed by atoms with van der Waals surface area (Å²) in [6, 6.07) is -0.576. The second kappa shape index (κ2) is 12.1. The molecule has 3 aliphatic heterocycles. The predicted molar refractivity (Wildman–Crippen MR) is 131 cm³/mol. The van der Waals surface area contributed by atoms with Crippen molar-refractivity contribution in [2.75, 3.05) is 45.8 Å². The second-order valence-electron chi connectivity index (χ2n) is 11.6. The average Bonchev–Trinajstić information content (AvgIpc) is 2.78. The number of rotatable bonds is 9. The Bertz CT molecular complexity index is 670. The van der Waals surface area contributed by atoms with Gasteiger partial charge in [0.25, 0.3) is 5.92 Å². The van der Waals surface area contributed by atoms with E-state index in [0.717, 1.165) is 51.9 Å². The lowest BCUT2D eigenvalue weighted by molar-refractivity contribution is -0.150.